The highest BCUT2D eigenvalue weighted by molar-refractivity contribution is 6.35. The number of piperidine rings is 1. The zero-order valence-corrected chi connectivity index (χ0v) is 15.6. The lowest BCUT2D eigenvalue weighted by molar-refractivity contribution is -0.139. The summed E-state index contributed by atoms with van der Waals surface area (Å²) in [7, 11) is 0. The Morgan fingerprint density at radius 3 is 2.31 bits per heavy atom. The molecule has 1 aromatic rings. The predicted molar refractivity (Wildman–Crippen MR) is 104 cm³/mol. The Morgan fingerprint density at radius 2 is 1.62 bits per heavy atom. The van der Waals surface area contributed by atoms with E-state index in [1.54, 1.807) is 0 Å². The van der Waals surface area contributed by atoms with Gasteiger partial charge in [0.1, 0.15) is 0 Å². The van der Waals surface area contributed by atoms with Crippen LogP contribution in [0.4, 0.5) is 5.69 Å². The van der Waals surface area contributed by atoms with E-state index in [4.69, 9.17) is 0 Å². The molecule has 2 amide bonds. The molecule has 0 radical (unpaired) electrons. The first kappa shape index (κ1) is 18.7. The third kappa shape index (κ3) is 5.48. The lowest BCUT2D eigenvalue weighted by Gasteiger charge is -2.28. The molecule has 1 heterocycles. The molecule has 2 fully saturated rings. The molecule has 26 heavy (non-hydrogen) atoms. The number of anilines is 1. The van der Waals surface area contributed by atoms with Crippen molar-refractivity contribution in [1.82, 2.24) is 10.6 Å². The maximum Gasteiger partial charge on any atom is 0.309 e. The van der Waals surface area contributed by atoms with Gasteiger partial charge >= 0.3 is 11.8 Å². The van der Waals surface area contributed by atoms with Gasteiger partial charge in [0.05, 0.1) is 0 Å². The van der Waals surface area contributed by atoms with Crippen molar-refractivity contribution in [2.24, 2.45) is 0 Å². The minimum Gasteiger partial charge on any atom is -0.372 e. The summed E-state index contributed by atoms with van der Waals surface area (Å²) in [4.78, 5) is 26.1. The normalized spacial score (nSPS) is 17.9. The standard InChI is InChI=1S/C21H31N3O2/c25-20(21(26)23-18-8-2-3-9-18)22-14-6-7-17-10-12-19(13-11-17)24-15-4-1-5-16-24/h10-13,18H,1-9,14-16H2,(H,22,25)(H,23,26). The van der Waals surface area contributed by atoms with Crippen LogP contribution in [0.2, 0.25) is 0 Å². The molecule has 0 aromatic heterocycles. The van der Waals surface area contributed by atoms with Crippen LogP contribution in [-0.4, -0.2) is 37.5 Å². The van der Waals surface area contributed by atoms with Gasteiger partial charge in [-0.3, -0.25) is 9.59 Å². The number of benzene rings is 1. The Bertz CT molecular complexity index is 588. The van der Waals surface area contributed by atoms with E-state index in [9.17, 15) is 9.59 Å². The number of hydrogen-bond donors (Lipinski definition) is 2. The Morgan fingerprint density at radius 1 is 0.923 bits per heavy atom. The maximum atomic E-state index is 11.8. The van der Waals surface area contributed by atoms with Gasteiger partial charge in [-0.05, 0) is 62.6 Å². The molecule has 2 aliphatic rings. The average molecular weight is 357 g/mol. The first-order chi connectivity index (χ1) is 12.7. The predicted octanol–water partition coefficient (Wildman–Crippen LogP) is 2.78. The molecule has 1 saturated carbocycles. The summed E-state index contributed by atoms with van der Waals surface area (Å²) in [5.74, 6) is -0.986. The van der Waals surface area contributed by atoms with Crippen LogP contribution in [0.1, 0.15) is 56.9 Å². The van der Waals surface area contributed by atoms with E-state index >= 15 is 0 Å². The van der Waals surface area contributed by atoms with Gasteiger partial charge in [0.2, 0.25) is 0 Å². The zero-order chi connectivity index (χ0) is 18.2. The largest absolute Gasteiger partial charge is 0.372 e. The zero-order valence-electron chi connectivity index (χ0n) is 15.6. The molecule has 0 atom stereocenters. The van der Waals surface area contributed by atoms with Gasteiger partial charge in [0, 0.05) is 31.4 Å². The molecule has 1 aliphatic carbocycles. The highest BCUT2D eigenvalue weighted by Crippen LogP contribution is 2.20. The number of hydrogen-bond acceptors (Lipinski definition) is 3. The fraction of sp³-hybridized carbons (Fsp3) is 0.619. The summed E-state index contributed by atoms with van der Waals surface area (Å²) >= 11 is 0. The van der Waals surface area contributed by atoms with E-state index < -0.39 is 11.8 Å². The van der Waals surface area contributed by atoms with Crippen LogP contribution in [0.3, 0.4) is 0 Å². The molecule has 2 N–H and O–H groups in total. The number of rotatable bonds is 6. The van der Waals surface area contributed by atoms with Crippen LogP contribution in [0, 0.1) is 0 Å². The topological polar surface area (TPSA) is 61.4 Å². The average Bonchev–Trinajstić information content (AvgIpc) is 3.19. The van der Waals surface area contributed by atoms with Crippen molar-refractivity contribution in [3.8, 4) is 0 Å². The van der Waals surface area contributed by atoms with E-state index in [1.165, 1.54) is 30.5 Å². The third-order valence-electron chi connectivity index (χ3n) is 5.48. The molecule has 0 bridgehead atoms. The number of carbonyl (C=O) groups excluding carboxylic acids is 2. The van der Waals surface area contributed by atoms with E-state index in [0.29, 0.717) is 6.54 Å². The molecule has 3 rings (SSSR count). The fourth-order valence-electron chi connectivity index (χ4n) is 3.92. The second kappa shape index (κ2) is 9.60. The highest BCUT2D eigenvalue weighted by Gasteiger charge is 2.20. The Balaban J connectivity index is 1.33. The molecule has 142 valence electrons. The van der Waals surface area contributed by atoms with Gasteiger partial charge in [-0.15, -0.1) is 0 Å². The van der Waals surface area contributed by atoms with Gasteiger partial charge in [0.15, 0.2) is 0 Å². The maximum absolute atomic E-state index is 11.8. The van der Waals surface area contributed by atoms with Crippen molar-refractivity contribution >= 4 is 17.5 Å². The van der Waals surface area contributed by atoms with Crippen molar-refractivity contribution in [3.63, 3.8) is 0 Å². The molecule has 5 heteroatoms. The second-order valence-electron chi connectivity index (χ2n) is 7.53. The highest BCUT2D eigenvalue weighted by atomic mass is 16.2. The van der Waals surface area contributed by atoms with Crippen LogP contribution in [0.25, 0.3) is 0 Å². The van der Waals surface area contributed by atoms with Gasteiger partial charge in [-0.25, -0.2) is 0 Å². The summed E-state index contributed by atoms with van der Waals surface area (Å²) < 4.78 is 0. The number of nitrogens with one attached hydrogen (secondary N) is 2. The van der Waals surface area contributed by atoms with Crippen molar-refractivity contribution < 1.29 is 9.59 Å². The quantitative estimate of drug-likeness (QED) is 0.608. The fourth-order valence-corrected chi connectivity index (χ4v) is 3.92. The second-order valence-corrected chi connectivity index (χ2v) is 7.53. The van der Waals surface area contributed by atoms with Crippen molar-refractivity contribution in [2.45, 2.75) is 63.8 Å². The number of aryl methyl sites for hydroxylation is 1. The van der Waals surface area contributed by atoms with Gasteiger partial charge < -0.3 is 15.5 Å². The summed E-state index contributed by atoms with van der Waals surface area (Å²) in [5, 5.41) is 5.55. The molecule has 0 unspecified atom stereocenters. The summed E-state index contributed by atoms with van der Waals surface area (Å²) in [6.07, 6.45) is 9.94. The minimum atomic E-state index is -0.502. The lowest BCUT2D eigenvalue weighted by Crippen LogP contribution is -2.44. The molecule has 0 spiro atoms. The lowest BCUT2D eigenvalue weighted by atomic mass is 10.1. The van der Waals surface area contributed by atoms with Crippen LogP contribution < -0.4 is 15.5 Å². The summed E-state index contributed by atoms with van der Waals surface area (Å²) in [5.41, 5.74) is 2.58. The Labute approximate surface area is 156 Å². The van der Waals surface area contributed by atoms with Gasteiger partial charge in [-0.2, -0.15) is 0 Å². The number of nitrogens with zero attached hydrogens (tertiary/aromatic N) is 1. The van der Waals surface area contributed by atoms with Crippen molar-refractivity contribution in [2.75, 3.05) is 24.5 Å². The Hall–Kier alpha value is -2.04. The Kier molecular flexibility index (Phi) is 6.92. The third-order valence-corrected chi connectivity index (χ3v) is 5.48. The first-order valence-corrected chi connectivity index (χ1v) is 10.1. The van der Waals surface area contributed by atoms with Crippen LogP contribution in [0.15, 0.2) is 24.3 Å². The van der Waals surface area contributed by atoms with Crippen LogP contribution in [0.5, 0.6) is 0 Å². The molecule has 5 nitrogen and oxygen atoms in total. The van der Waals surface area contributed by atoms with Gasteiger partial charge in [-0.1, -0.05) is 25.0 Å². The monoisotopic (exact) mass is 357 g/mol. The molecule has 1 aliphatic heterocycles. The molecule has 1 saturated heterocycles. The van der Waals surface area contributed by atoms with E-state index in [-0.39, 0.29) is 6.04 Å². The summed E-state index contributed by atoms with van der Waals surface area (Å²) in [6, 6.07) is 8.95. The smallest absolute Gasteiger partial charge is 0.309 e. The minimum absolute atomic E-state index is 0.187. The van der Waals surface area contributed by atoms with E-state index in [0.717, 1.165) is 51.6 Å². The van der Waals surface area contributed by atoms with Gasteiger partial charge in [0.25, 0.3) is 0 Å². The summed E-state index contributed by atoms with van der Waals surface area (Å²) in [6.45, 7) is 2.85. The van der Waals surface area contributed by atoms with E-state index in [2.05, 4.69) is 39.8 Å². The first-order valence-electron chi connectivity index (χ1n) is 10.1. The van der Waals surface area contributed by atoms with Crippen molar-refractivity contribution in [1.29, 1.82) is 0 Å². The van der Waals surface area contributed by atoms with Crippen molar-refractivity contribution in [3.05, 3.63) is 29.8 Å². The van der Waals surface area contributed by atoms with Crippen LogP contribution >= 0.6 is 0 Å². The van der Waals surface area contributed by atoms with Crippen LogP contribution in [-0.2, 0) is 16.0 Å². The SMILES string of the molecule is O=C(NCCCc1ccc(N2CCCCC2)cc1)C(=O)NC1CCCC1. The van der Waals surface area contributed by atoms with E-state index in [1.807, 2.05) is 0 Å². The molecular formula is C21H31N3O2. The molecular weight excluding hydrogens is 326 g/mol. The molecule has 1 aromatic carbocycles. The number of amides is 2. The number of carbonyl (C=O) groups is 2.